The summed E-state index contributed by atoms with van der Waals surface area (Å²) in [6, 6.07) is 3.22. The van der Waals surface area contributed by atoms with E-state index in [1.807, 2.05) is 0 Å². The molecule has 0 fully saturated rings. The number of ether oxygens (including phenoxy) is 1. The third-order valence-corrected chi connectivity index (χ3v) is 2.74. The minimum atomic E-state index is -4.24. The van der Waals surface area contributed by atoms with Crippen molar-refractivity contribution < 1.29 is 23.1 Å². The van der Waals surface area contributed by atoms with Gasteiger partial charge in [-0.3, -0.25) is 4.79 Å². The molecule has 0 atom stereocenters. The Morgan fingerprint density at radius 2 is 1.89 bits per heavy atom. The molecule has 0 spiro atoms. The normalized spacial score (nSPS) is 11.2. The second kappa shape index (κ2) is 5.63. The lowest BCUT2D eigenvalue weighted by Gasteiger charge is -2.13. The predicted octanol–water partition coefficient (Wildman–Crippen LogP) is 3.37. The largest absolute Gasteiger partial charge is 0.461 e. The van der Waals surface area contributed by atoms with Gasteiger partial charge in [0, 0.05) is 5.56 Å². The van der Waals surface area contributed by atoms with Gasteiger partial charge in [-0.15, -0.1) is 0 Å². The van der Waals surface area contributed by atoms with Gasteiger partial charge in [0.05, 0.1) is 16.7 Å². The molecule has 3 nitrogen and oxygen atoms in total. The van der Waals surface area contributed by atoms with E-state index in [4.69, 9.17) is 23.2 Å². The van der Waals surface area contributed by atoms with E-state index in [2.05, 4.69) is 4.74 Å². The first kappa shape index (κ1) is 14.9. The molecular formula is C11H8Cl2F2O3. The highest BCUT2D eigenvalue weighted by Crippen LogP contribution is 2.27. The highest BCUT2D eigenvalue weighted by Gasteiger charge is 2.49. The van der Waals surface area contributed by atoms with Crippen molar-refractivity contribution in [3.8, 4) is 0 Å². The number of carbonyl (C=O) groups excluding carboxylic acids is 2. The number of benzene rings is 1. The van der Waals surface area contributed by atoms with Crippen LogP contribution in [0, 0.1) is 0 Å². The van der Waals surface area contributed by atoms with E-state index < -0.39 is 23.2 Å². The molecule has 0 bridgehead atoms. The number of ketones is 1. The maximum Gasteiger partial charge on any atom is 0.404 e. The van der Waals surface area contributed by atoms with Crippen LogP contribution in [0.4, 0.5) is 8.78 Å². The Hall–Kier alpha value is -1.20. The molecule has 1 aromatic carbocycles. The number of halogens is 4. The molecule has 0 amide bonds. The van der Waals surface area contributed by atoms with Crippen molar-refractivity contribution in [2.45, 2.75) is 12.8 Å². The fourth-order valence-electron chi connectivity index (χ4n) is 1.13. The first-order chi connectivity index (χ1) is 8.30. The number of alkyl halides is 2. The van der Waals surface area contributed by atoms with E-state index in [9.17, 15) is 18.4 Å². The van der Waals surface area contributed by atoms with Gasteiger partial charge in [-0.25, -0.2) is 4.79 Å². The molecule has 0 saturated heterocycles. The lowest BCUT2D eigenvalue weighted by Crippen LogP contribution is -2.39. The second-order valence-electron chi connectivity index (χ2n) is 3.25. The van der Waals surface area contributed by atoms with E-state index in [0.29, 0.717) is 0 Å². The molecule has 7 heteroatoms. The summed E-state index contributed by atoms with van der Waals surface area (Å²) >= 11 is 11.2. The van der Waals surface area contributed by atoms with Gasteiger partial charge in [-0.05, 0) is 25.1 Å². The van der Waals surface area contributed by atoms with E-state index in [-0.39, 0.29) is 16.7 Å². The molecule has 0 radical (unpaired) electrons. The van der Waals surface area contributed by atoms with Crippen LogP contribution >= 0.6 is 23.2 Å². The Morgan fingerprint density at radius 3 is 2.39 bits per heavy atom. The molecular weight excluding hydrogens is 289 g/mol. The molecule has 0 saturated carbocycles. The summed E-state index contributed by atoms with van der Waals surface area (Å²) in [5.41, 5.74) is -0.414. The van der Waals surface area contributed by atoms with Gasteiger partial charge in [0.2, 0.25) is 5.78 Å². The Bertz CT molecular complexity index is 489. The van der Waals surface area contributed by atoms with Crippen LogP contribution in [0.3, 0.4) is 0 Å². The molecule has 0 aliphatic rings. The zero-order valence-corrected chi connectivity index (χ0v) is 10.7. The van der Waals surface area contributed by atoms with Gasteiger partial charge in [0.25, 0.3) is 0 Å². The van der Waals surface area contributed by atoms with Crippen LogP contribution in [0.1, 0.15) is 17.3 Å². The third-order valence-electron chi connectivity index (χ3n) is 2.00. The van der Waals surface area contributed by atoms with Crippen LogP contribution in [0.25, 0.3) is 0 Å². The summed E-state index contributed by atoms with van der Waals surface area (Å²) in [5, 5.41) is 0.0647. The van der Waals surface area contributed by atoms with Crippen molar-refractivity contribution in [3.05, 3.63) is 33.8 Å². The second-order valence-corrected chi connectivity index (χ2v) is 4.07. The maximum absolute atomic E-state index is 13.4. The van der Waals surface area contributed by atoms with E-state index in [1.165, 1.54) is 13.0 Å². The van der Waals surface area contributed by atoms with Crippen molar-refractivity contribution >= 4 is 35.0 Å². The van der Waals surface area contributed by atoms with Crippen molar-refractivity contribution in [1.29, 1.82) is 0 Å². The topological polar surface area (TPSA) is 43.4 Å². The highest BCUT2D eigenvalue weighted by molar-refractivity contribution is 6.42. The quantitative estimate of drug-likeness (QED) is 0.486. The van der Waals surface area contributed by atoms with Crippen LogP contribution < -0.4 is 0 Å². The summed E-state index contributed by atoms with van der Waals surface area (Å²) in [4.78, 5) is 22.5. The number of rotatable bonds is 4. The van der Waals surface area contributed by atoms with Crippen molar-refractivity contribution in [3.63, 3.8) is 0 Å². The van der Waals surface area contributed by atoms with E-state index >= 15 is 0 Å². The fraction of sp³-hybridized carbons (Fsp3) is 0.273. The first-order valence-electron chi connectivity index (χ1n) is 4.85. The summed E-state index contributed by atoms with van der Waals surface area (Å²) in [5.74, 6) is -7.81. The van der Waals surface area contributed by atoms with Gasteiger partial charge in [0.1, 0.15) is 0 Å². The van der Waals surface area contributed by atoms with E-state index in [0.717, 1.165) is 12.1 Å². The van der Waals surface area contributed by atoms with Gasteiger partial charge >= 0.3 is 11.9 Å². The average molecular weight is 297 g/mol. The molecule has 1 aromatic rings. The number of hydrogen-bond acceptors (Lipinski definition) is 3. The van der Waals surface area contributed by atoms with Crippen molar-refractivity contribution in [2.75, 3.05) is 6.61 Å². The SMILES string of the molecule is CCOC(=O)C(F)(F)C(=O)c1ccc(Cl)c(Cl)c1. The number of esters is 1. The highest BCUT2D eigenvalue weighted by atomic mass is 35.5. The van der Waals surface area contributed by atoms with Crippen LogP contribution in [0.5, 0.6) is 0 Å². The monoisotopic (exact) mass is 296 g/mol. The van der Waals surface area contributed by atoms with Crippen LogP contribution in [0.15, 0.2) is 18.2 Å². The third kappa shape index (κ3) is 2.97. The van der Waals surface area contributed by atoms with Crippen LogP contribution in [-0.2, 0) is 9.53 Å². The summed E-state index contributed by atoms with van der Waals surface area (Å²) < 4.78 is 31.0. The molecule has 0 aliphatic heterocycles. The van der Waals surface area contributed by atoms with Gasteiger partial charge in [-0.2, -0.15) is 8.78 Å². The predicted molar refractivity (Wildman–Crippen MR) is 62.4 cm³/mol. The number of hydrogen-bond donors (Lipinski definition) is 0. The van der Waals surface area contributed by atoms with Gasteiger partial charge in [0.15, 0.2) is 0 Å². The molecule has 0 aromatic heterocycles. The zero-order valence-electron chi connectivity index (χ0n) is 9.18. The van der Waals surface area contributed by atoms with Crippen LogP contribution in [0.2, 0.25) is 10.0 Å². The molecule has 1 rings (SSSR count). The maximum atomic E-state index is 13.4. The molecule has 0 N–H and O–H groups in total. The smallest absolute Gasteiger partial charge is 0.404 e. The van der Waals surface area contributed by atoms with Crippen molar-refractivity contribution in [2.24, 2.45) is 0 Å². The molecule has 18 heavy (non-hydrogen) atoms. The lowest BCUT2D eigenvalue weighted by molar-refractivity contribution is -0.164. The van der Waals surface area contributed by atoms with Gasteiger partial charge < -0.3 is 4.74 Å². The summed E-state index contributed by atoms with van der Waals surface area (Å²) in [6.45, 7) is 1.11. The molecule has 98 valence electrons. The standard InChI is InChI=1S/C11H8Cl2F2O3/c1-2-18-10(17)11(14,15)9(16)6-3-4-7(12)8(13)5-6/h3-5H,2H2,1H3. The Morgan fingerprint density at radius 1 is 1.28 bits per heavy atom. The lowest BCUT2D eigenvalue weighted by atomic mass is 10.1. The van der Waals surface area contributed by atoms with E-state index in [1.54, 1.807) is 0 Å². The molecule has 0 heterocycles. The summed E-state index contributed by atoms with van der Waals surface area (Å²) in [6.07, 6.45) is 0. The number of Topliss-reactive ketones (excluding diaryl/α,β-unsaturated/α-hetero) is 1. The molecule has 0 unspecified atom stereocenters. The molecule has 0 aliphatic carbocycles. The Balaban J connectivity index is 3.05. The fourth-order valence-corrected chi connectivity index (χ4v) is 1.43. The summed E-state index contributed by atoms with van der Waals surface area (Å²) in [7, 11) is 0. The minimum absolute atomic E-state index is 0.0535. The number of carbonyl (C=O) groups is 2. The average Bonchev–Trinajstić information content (AvgIpc) is 2.32. The minimum Gasteiger partial charge on any atom is -0.461 e. The van der Waals surface area contributed by atoms with Crippen LogP contribution in [-0.4, -0.2) is 24.3 Å². The van der Waals surface area contributed by atoms with Crippen molar-refractivity contribution in [1.82, 2.24) is 0 Å². The zero-order chi connectivity index (χ0) is 13.9. The van der Waals surface area contributed by atoms with Gasteiger partial charge in [-0.1, -0.05) is 23.2 Å². The first-order valence-corrected chi connectivity index (χ1v) is 5.61. The Kier molecular flexibility index (Phi) is 4.65. The Labute approximate surface area is 112 Å².